The van der Waals surface area contributed by atoms with E-state index in [1.165, 1.54) is 13.3 Å². The number of carbonyl (C=O) groups excluding carboxylic acids is 3. The van der Waals surface area contributed by atoms with Gasteiger partial charge in [-0.3, -0.25) is 14.4 Å². The van der Waals surface area contributed by atoms with Gasteiger partial charge in [0.25, 0.3) is 5.91 Å². The fourth-order valence-electron chi connectivity index (χ4n) is 2.09. The smallest absolute Gasteiger partial charge is 0.329 e. The maximum absolute atomic E-state index is 11.9. The predicted octanol–water partition coefficient (Wildman–Crippen LogP) is 1.68. The van der Waals surface area contributed by atoms with E-state index in [4.69, 9.17) is 9.47 Å². The van der Waals surface area contributed by atoms with E-state index >= 15 is 0 Å². The molecule has 3 amide bonds. The number of ether oxygens (including phenoxy) is 2. The largest absolute Gasteiger partial charge is 0.484 e. The summed E-state index contributed by atoms with van der Waals surface area (Å²) in [6.45, 7) is 0.398. The summed E-state index contributed by atoms with van der Waals surface area (Å²) in [6.07, 6.45) is 1.38. The summed E-state index contributed by atoms with van der Waals surface area (Å²) < 4.78 is 11.1. The molecule has 0 radical (unpaired) electrons. The van der Waals surface area contributed by atoms with Gasteiger partial charge in [-0.1, -0.05) is 15.9 Å². The van der Waals surface area contributed by atoms with Crippen LogP contribution >= 0.6 is 15.9 Å². The highest BCUT2D eigenvalue weighted by atomic mass is 79.9. The van der Waals surface area contributed by atoms with Gasteiger partial charge in [0.2, 0.25) is 0 Å². The Morgan fingerprint density at radius 3 is 2.40 bits per heavy atom. The zero-order valence-electron chi connectivity index (χ0n) is 16.2. The SMILES string of the molecule is COCCNC(=O)C(=O)N/N=C\c1ccc(OCC(=O)Nc2ccc(Br)cc2)cc1. The molecule has 2 rings (SSSR count). The van der Waals surface area contributed by atoms with E-state index in [1.807, 2.05) is 12.1 Å². The maximum Gasteiger partial charge on any atom is 0.329 e. The van der Waals surface area contributed by atoms with Crippen LogP contribution in [0.1, 0.15) is 5.56 Å². The van der Waals surface area contributed by atoms with E-state index < -0.39 is 11.8 Å². The van der Waals surface area contributed by atoms with Crippen LogP contribution in [0.2, 0.25) is 0 Å². The first kappa shape index (κ1) is 23.0. The van der Waals surface area contributed by atoms with Crippen molar-refractivity contribution in [2.45, 2.75) is 0 Å². The van der Waals surface area contributed by atoms with Crippen LogP contribution in [0.25, 0.3) is 0 Å². The minimum Gasteiger partial charge on any atom is -0.484 e. The second-order valence-corrected chi connectivity index (χ2v) is 6.78. The molecule has 10 heteroatoms. The number of amides is 3. The standard InChI is InChI=1S/C20H21BrN4O5/c1-29-11-10-22-19(27)20(28)25-23-12-14-2-8-17(9-3-14)30-13-18(26)24-16-6-4-15(21)5-7-16/h2-9,12H,10-11,13H2,1H3,(H,22,27)(H,24,26)(H,25,28)/b23-12-. The van der Waals surface area contributed by atoms with Gasteiger partial charge in [0.05, 0.1) is 12.8 Å². The van der Waals surface area contributed by atoms with Crippen LogP contribution in [0.3, 0.4) is 0 Å². The third-order valence-corrected chi connectivity index (χ3v) is 4.08. The Balaban J connectivity index is 1.74. The number of rotatable bonds is 9. The Kier molecular flexibility index (Phi) is 9.49. The van der Waals surface area contributed by atoms with Crippen molar-refractivity contribution in [3.8, 4) is 5.75 Å². The number of carbonyl (C=O) groups is 3. The van der Waals surface area contributed by atoms with E-state index in [0.29, 0.717) is 23.6 Å². The third kappa shape index (κ3) is 8.41. The van der Waals surface area contributed by atoms with Gasteiger partial charge < -0.3 is 20.1 Å². The van der Waals surface area contributed by atoms with Crippen LogP contribution in [0.5, 0.6) is 5.75 Å². The molecular formula is C20H21BrN4O5. The highest BCUT2D eigenvalue weighted by molar-refractivity contribution is 9.10. The van der Waals surface area contributed by atoms with Gasteiger partial charge in [-0.05, 0) is 54.1 Å². The summed E-state index contributed by atoms with van der Waals surface area (Å²) in [5.74, 6) is -1.46. The lowest BCUT2D eigenvalue weighted by molar-refractivity contribution is -0.139. The normalized spacial score (nSPS) is 10.5. The number of benzene rings is 2. The van der Waals surface area contributed by atoms with Gasteiger partial charge in [0.15, 0.2) is 6.61 Å². The van der Waals surface area contributed by atoms with Crippen LogP contribution in [0.4, 0.5) is 5.69 Å². The Morgan fingerprint density at radius 1 is 1.03 bits per heavy atom. The molecule has 9 nitrogen and oxygen atoms in total. The molecule has 0 unspecified atom stereocenters. The van der Waals surface area contributed by atoms with E-state index in [9.17, 15) is 14.4 Å². The Labute approximate surface area is 182 Å². The number of hydrogen-bond acceptors (Lipinski definition) is 6. The van der Waals surface area contributed by atoms with Crippen molar-refractivity contribution in [2.24, 2.45) is 5.10 Å². The summed E-state index contributed by atoms with van der Waals surface area (Å²) in [7, 11) is 1.49. The molecule has 0 spiro atoms. The van der Waals surface area contributed by atoms with Gasteiger partial charge in [-0.15, -0.1) is 0 Å². The highest BCUT2D eigenvalue weighted by Gasteiger charge is 2.11. The zero-order valence-corrected chi connectivity index (χ0v) is 17.8. The molecule has 0 saturated heterocycles. The minimum atomic E-state index is -0.876. The first-order chi connectivity index (χ1) is 14.5. The molecular weight excluding hydrogens is 456 g/mol. The Bertz CT molecular complexity index is 885. The van der Waals surface area contributed by atoms with Crippen LogP contribution in [-0.4, -0.2) is 50.8 Å². The molecule has 0 aliphatic rings. The number of hydrogen-bond donors (Lipinski definition) is 3. The van der Waals surface area contributed by atoms with Crippen molar-refractivity contribution in [2.75, 3.05) is 32.2 Å². The molecule has 0 fully saturated rings. The molecule has 2 aromatic carbocycles. The molecule has 0 saturated carbocycles. The quantitative estimate of drug-likeness (QED) is 0.220. The molecule has 0 aromatic heterocycles. The summed E-state index contributed by atoms with van der Waals surface area (Å²) in [5, 5.41) is 8.83. The second kappa shape index (κ2) is 12.3. The van der Waals surface area contributed by atoms with E-state index in [2.05, 4.69) is 37.1 Å². The fraction of sp³-hybridized carbons (Fsp3) is 0.200. The van der Waals surface area contributed by atoms with E-state index in [-0.39, 0.29) is 19.1 Å². The lowest BCUT2D eigenvalue weighted by Gasteiger charge is -2.08. The van der Waals surface area contributed by atoms with Gasteiger partial charge >= 0.3 is 11.8 Å². The highest BCUT2D eigenvalue weighted by Crippen LogP contribution is 2.14. The number of methoxy groups -OCH3 is 1. The van der Waals surface area contributed by atoms with E-state index in [0.717, 1.165) is 4.47 Å². The molecule has 0 heterocycles. The monoisotopic (exact) mass is 476 g/mol. The number of hydrazone groups is 1. The van der Waals surface area contributed by atoms with Crippen molar-refractivity contribution in [1.82, 2.24) is 10.7 Å². The molecule has 0 bridgehead atoms. The van der Waals surface area contributed by atoms with Crippen LogP contribution in [0.15, 0.2) is 58.1 Å². The van der Waals surface area contributed by atoms with Crippen LogP contribution in [0, 0.1) is 0 Å². The molecule has 0 aliphatic heterocycles. The molecule has 30 heavy (non-hydrogen) atoms. The third-order valence-electron chi connectivity index (χ3n) is 3.56. The van der Waals surface area contributed by atoms with Gasteiger partial charge in [-0.2, -0.15) is 5.10 Å². The fourth-order valence-corrected chi connectivity index (χ4v) is 2.36. The van der Waals surface area contributed by atoms with Crippen molar-refractivity contribution in [3.05, 3.63) is 58.6 Å². The summed E-state index contributed by atoms with van der Waals surface area (Å²) in [6, 6.07) is 13.9. The van der Waals surface area contributed by atoms with Gasteiger partial charge in [0.1, 0.15) is 5.75 Å². The second-order valence-electron chi connectivity index (χ2n) is 5.86. The number of nitrogens with one attached hydrogen (secondary N) is 3. The average Bonchev–Trinajstić information content (AvgIpc) is 2.75. The molecule has 0 atom stereocenters. The first-order valence-corrected chi connectivity index (χ1v) is 9.65. The lowest BCUT2D eigenvalue weighted by Crippen LogP contribution is -2.39. The Morgan fingerprint density at radius 2 is 1.73 bits per heavy atom. The molecule has 0 aliphatic carbocycles. The topological polar surface area (TPSA) is 118 Å². The maximum atomic E-state index is 11.9. The molecule has 2 aromatic rings. The van der Waals surface area contributed by atoms with Crippen molar-refractivity contribution in [1.29, 1.82) is 0 Å². The summed E-state index contributed by atoms with van der Waals surface area (Å²) in [5.41, 5.74) is 3.47. The summed E-state index contributed by atoms with van der Waals surface area (Å²) in [4.78, 5) is 34.9. The van der Waals surface area contributed by atoms with Gasteiger partial charge in [-0.25, -0.2) is 5.43 Å². The lowest BCUT2D eigenvalue weighted by atomic mass is 10.2. The predicted molar refractivity (Wildman–Crippen MR) is 115 cm³/mol. The van der Waals surface area contributed by atoms with Crippen molar-refractivity contribution >= 4 is 45.6 Å². The first-order valence-electron chi connectivity index (χ1n) is 8.86. The van der Waals surface area contributed by atoms with Gasteiger partial charge in [0, 0.05) is 23.8 Å². The molecule has 3 N–H and O–H groups in total. The zero-order chi connectivity index (χ0) is 21.8. The van der Waals surface area contributed by atoms with Crippen molar-refractivity contribution < 1.29 is 23.9 Å². The Hall–Kier alpha value is -3.24. The van der Waals surface area contributed by atoms with Crippen molar-refractivity contribution in [3.63, 3.8) is 0 Å². The minimum absolute atomic E-state index is 0.141. The van der Waals surface area contributed by atoms with Crippen LogP contribution < -0.4 is 20.8 Å². The van der Waals surface area contributed by atoms with Crippen LogP contribution in [-0.2, 0) is 19.1 Å². The number of anilines is 1. The average molecular weight is 477 g/mol. The number of halogens is 1. The summed E-state index contributed by atoms with van der Waals surface area (Å²) >= 11 is 3.33. The number of nitrogens with zero attached hydrogens (tertiary/aromatic N) is 1. The van der Waals surface area contributed by atoms with E-state index in [1.54, 1.807) is 36.4 Å². The molecule has 158 valence electrons.